The van der Waals surface area contributed by atoms with E-state index in [1.54, 1.807) is 6.92 Å². The van der Waals surface area contributed by atoms with Crippen molar-refractivity contribution in [3.63, 3.8) is 0 Å². The highest BCUT2D eigenvalue weighted by atomic mass is 16.5. The summed E-state index contributed by atoms with van der Waals surface area (Å²) >= 11 is 0. The quantitative estimate of drug-likeness (QED) is 0.193. The van der Waals surface area contributed by atoms with E-state index in [0.29, 0.717) is 39.3 Å². The van der Waals surface area contributed by atoms with Crippen molar-refractivity contribution in [3.05, 3.63) is 0 Å². The molecule has 3 N–H and O–H groups in total. The normalized spacial score (nSPS) is 11.5. The lowest BCUT2D eigenvalue weighted by Gasteiger charge is -2.10. The van der Waals surface area contributed by atoms with Crippen LogP contribution in [0.1, 0.15) is 46.5 Å². The largest absolute Gasteiger partial charge is 0.377 e. The van der Waals surface area contributed by atoms with Crippen LogP contribution in [0.4, 0.5) is 0 Å². The molecule has 3 amide bonds. The zero-order valence-corrected chi connectivity index (χ0v) is 20.0. The van der Waals surface area contributed by atoms with Crippen LogP contribution in [-0.2, 0) is 38.2 Å². The number of ether oxygens (including phenoxy) is 3. The topological polar surface area (TPSA) is 149 Å². The number of Topliss-reactive ketones (excluding diaryl/α,β-unsaturated/α-hetero) is 2. The first kappa shape index (κ1) is 30.6. The molecule has 0 saturated carbocycles. The molecule has 0 spiro atoms. The SMILES string of the molecule is CCOCC(=O)NCCOCCOCC(=O)CCCNC(=O)CCNC(=O)C(C)CC(C)=O. The van der Waals surface area contributed by atoms with Crippen LogP contribution in [0.25, 0.3) is 0 Å². The molecular weight excluding hydrogens is 434 g/mol. The first-order valence-electron chi connectivity index (χ1n) is 11.3. The van der Waals surface area contributed by atoms with E-state index in [9.17, 15) is 24.0 Å². The molecule has 33 heavy (non-hydrogen) atoms. The summed E-state index contributed by atoms with van der Waals surface area (Å²) in [6, 6.07) is 0. The Morgan fingerprint density at radius 1 is 0.758 bits per heavy atom. The number of hydrogen-bond donors (Lipinski definition) is 3. The number of nitrogens with one attached hydrogen (secondary N) is 3. The van der Waals surface area contributed by atoms with Crippen molar-refractivity contribution in [2.45, 2.75) is 46.5 Å². The highest BCUT2D eigenvalue weighted by Crippen LogP contribution is 2.02. The molecule has 0 aliphatic carbocycles. The third-order valence-corrected chi connectivity index (χ3v) is 4.29. The van der Waals surface area contributed by atoms with Crippen LogP contribution >= 0.6 is 0 Å². The van der Waals surface area contributed by atoms with Crippen molar-refractivity contribution in [1.29, 1.82) is 0 Å². The molecular formula is C22H39N3O8. The molecule has 190 valence electrons. The fourth-order valence-corrected chi connectivity index (χ4v) is 2.59. The molecule has 11 heteroatoms. The van der Waals surface area contributed by atoms with Crippen molar-refractivity contribution < 1.29 is 38.2 Å². The maximum atomic E-state index is 11.8. The van der Waals surface area contributed by atoms with E-state index in [-0.39, 0.29) is 74.9 Å². The fraction of sp³-hybridized carbons (Fsp3) is 0.773. The van der Waals surface area contributed by atoms with Gasteiger partial charge in [0.05, 0.1) is 19.8 Å². The Morgan fingerprint density at radius 2 is 1.45 bits per heavy atom. The summed E-state index contributed by atoms with van der Waals surface area (Å²) in [5, 5.41) is 7.97. The van der Waals surface area contributed by atoms with E-state index in [1.165, 1.54) is 6.92 Å². The number of rotatable bonds is 21. The molecule has 1 unspecified atom stereocenters. The average molecular weight is 474 g/mol. The van der Waals surface area contributed by atoms with Gasteiger partial charge in [0.1, 0.15) is 19.0 Å². The predicted octanol–water partition coefficient (Wildman–Crippen LogP) is -0.241. The maximum Gasteiger partial charge on any atom is 0.246 e. The molecule has 0 aliphatic rings. The molecule has 0 bridgehead atoms. The first-order valence-corrected chi connectivity index (χ1v) is 11.3. The van der Waals surface area contributed by atoms with E-state index < -0.39 is 5.92 Å². The molecule has 0 saturated heterocycles. The van der Waals surface area contributed by atoms with Gasteiger partial charge in [-0.2, -0.15) is 0 Å². The monoisotopic (exact) mass is 473 g/mol. The number of carbonyl (C=O) groups is 5. The Kier molecular flexibility index (Phi) is 18.8. The van der Waals surface area contributed by atoms with Gasteiger partial charge in [0.2, 0.25) is 17.7 Å². The van der Waals surface area contributed by atoms with E-state index in [0.717, 1.165) is 0 Å². The van der Waals surface area contributed by atoms with Crippen LogP contribution in [0, 0.1) is 5.92 Å². The Balaban J connectivity index is 3.54. The number of hydrogen-bond acceptors (Lipinski definition) is 8. The highest BCUT2D eigenvalue weighted by molar-refractivity contribution is 5.85. The number of carbonyl (C=O) groups excluding carboxylic acids is 5. The second-order valence-corrected chi connectivity index (χ2v) is 7.49. The zero-order valence-electron chi connectivity index (χ0n) is 20.0. The lowest BCUT2D eigenvalue weighted by molar-refractivity contribution is -0.128. The van der Waals surface area contributed by atoms with Gasteiger partial charge < -0.3 is 35.0 Å². The molecule has 0 aliphatic heterocycles. The second kappa shape index (κ2) is 20.3. The van der Waals surface area contributed by atoms with Crippen LogP contribution < -0.4 is 16.0 Å². The Hall–Kier alpha value is -2.37. The summed E-state index contributed by atoms with van der Waals surface area (Å²) in [5.41, 5.74) is 0. The van der Waals surface area contributed by atoms with Crippen molar-refractivity contribution >= 4 is 29.3 Å². The second-order valence-electron chi connectivity index (χ2n) is 7.49. The maximum absolute atomic E-state index is 11.8. The molecule has 0 aromatic carbocycles. The van der Waals surface area contributed by atoms with Gasteiger partial charge in [0.25, 0.3) is 0 Å². The van der Waals surface area contributed by atoms with Gasteiger partial charge in [-0.05, 0) is 20.3 Å². The standard InChI is InChI=1S/C22H39N3O8/c1-4-31-16-21(29)24-10-11-32-12-13-33-15-19(27)6-5-8-23-20(28)7-9-25-22(30)17(2)14-18(3)26/h17H,4-16H2,1-3H3,(H,23,28)(H,24,29)(H,25,30). The van der Waals surface area contributed by atoms with Gasteiger partial charge in [0.15, 0.2) is 5.78 Å². The molecule has 11 nitrogen and oxygen atoms in total. The van der Waals surface area contributed by atoms with Gasteiger partial charge in [-0.3, -0.25) is 19.2 Å². The Labute approximate surface area is 195 Å². The van der Waals surface area contributed by atoms with E-state index in [1.807, 2.05) is 6.92 Å². The smallest absolute Gasteiger partial charge is 0.246 e. The van der Waals surface area contributed by atoms with Gasteiger partial charge in [-0.15, -0.1) is 0 Å². The van der Waals surface area contributed by atoms with Gasteiger partial charge in [-0.25, -0.2) is 0 Å². The number of amides is 3. The third kappa shape index (κ3) is 20.0. The molecule has 0 fully saturated rings. The van der Waals surface area contributed by atoms with Crippen LogP contribution in [0.2, 0.25) is 0 Å². The highest BCUT2D eigenvalue weighted by Gasteiger charge is 2.14. The lowest BCUT2D eigenvalue weighted by atomic mass is 10.0. The van der Waals surface area contributed by atoms with Crippen molar-refractivity contribution in [2.24, 2.45) is 5.92 Å². The molecule has 0 heterocycles. The molecule has 0 aromatic rings. The minimum atomic E-state index is -0.413. The molecule has 0 radical (unpaired) electrons. The minimum Gasteiger partial charge on any atom is -0.377 e. The third-order valence-electron chi connectivity index (χ3n) is 4.29. The van der Waals surface area contributed by atoms with Gasteiger partial charge >= 0.3 is 0 Å². The Morgan fingerprint density at radius 3 is 2.15 bits per heavy atom. The van der Waals surface area contributed by atoms with Crippen LogP contribution in [-0.4, -0.2) is 88.6 Å². The summed E-state index contributed by atoms with van der Waals surface area (Å²) in [5.74, 6) is -1.20. The first-order chi connectivity index (χ1) is 15.8. The summed E-state index contributed by atoms with van der Waals surface area (Å²) in [7, 11) is 0. The van der Waals surface area contributed by atoms with Crippen LogP contribution in [0.3, 0.4) is 0 Å². The molecule has 1 atom stereocenters. The van der Waals surface area contributed by atoms with Gasteiger partial charge in [-0.1, -0.05) is 6.92 Å². The van der Waals surface area contributed by atoms with E-state index in [2.05, 4.69) is 16.0 Å². The van der Waals surface area contributed by atoms with Crippen molar-refractivity contribution in [1.82, 2.24) is 16.0 Å². The summed E-state index contributed by atoms with van der Waals surface area (Å²) in [6.07, 6.45) is 1.09. The summed E-state index contributed by atoms with van der Waals surface area (Å²) in [4.78, 5) is 57.5. The average Bonchev–Trinajstić information content (AvgIpc) is 2.76. The number of ketones is 2. The van der Waals surface area contributed by atoms with E-state index in [4.69, 9.17) is 14.2 Å². The summed E-state index contributed by atoms with van der Waals surface area (Å²) < 4.78 is 15.5. The van der Waals surface area contributed by atoms with Crippen molar-refractivity contribution in [3.8, 4) is 0 Å². The lowest BCUT2D eigenvalue weighted by Crippen LogP contribution is -2.34. The molecule has 0 rings (SSSR count). The van der Waals surface area contributed by atoms with Crippen LogP contribution in [0.15, 0.2) is 0 Å². The van der Waals surface area contributed by atoms with E-state index >= 15 is 0 Å². The minimum absolute atomic E-state index is 0.0210. The fourth-order valence-electron chi connectivity index (χ4n) is 2.59. The van der Waals surface area contributed by atoms with Crippen LogP contribution in [0.5, 0.6) is 0 Å². The Bertz CT molecular complexity index is 612. The van der Waals surface area contributed by atoms with Crippen molar-refractivity contribution in [2.75, 3.05) is 59.3 Å². The van der Waals surface area contributed by atoms with Gasteiger partial charge in [0, 0.05) is 51.4 Å². The predicted molar refractivity (Wildman–Crippen MR) is 120 cm³/mol. The molecule has 0 aromatic heterocycles. The summed E-state index contributed by atoms with van der Waals surface area (Å²) in [6.45, 7) is 7.27. The zero-order chi connectivity index (χ0) is 24.9.